The Balaban J connectivity index is 2.15. The molecule has 1 fully saturated rings. The highest BCUT2D eigenvalue weighted by molar-refractivity contribution is 6.33. The van der Waals surface area contributed by atoms with Gasteiger partial charge >= 0.3 is 6.18 Å². The summed E-state index contributed by atoms with van der Waals surface area (Å²) in [5.41, 5.74) is -1.12. The minimum atomic E-state index is -4.55. The first-order chi connectivity index (χ1) is 9.77. The molecule has 0 spiro atoms. The molecule has 5 nitrogen and oxygen atoms in total. The highest BCUT2D eigenvalue weighted by Gasteiger charge is 2.32. The molecule has 1 heterocycles. The van der Waals surface area contributed by atoms with Gasteiger partial charge in [-0.05, 0) is 18.2 Å². The maximum absolute atomic E-state index is 12.6. The first kappa shape index (κ1) is 15.6. The number of nitrogens with one attached hydrogen (secondary N) is 2. The van der Waals surface area contributed by atoms with Gasteiger partial charge in [0.1, 0.15) is 12.6 Å². The van der Waals surface area contributed by atoms with Crippen LogP contribution >= 0.6 is 11.6 Å². The van der Waals surface area contributed by atoms with Crippen LogP contribution in [0.1, 0.15) is 5.56 Å². The lowest BCUT2D eigenvalue weighted by molar-refractivity contribution is -0.137. The first-order valence-corrected chi connectivity index (χ1v) is 6.20. The summed E-state index contributed by atoms with van der Waals surface area (Å²) in [6, 6.07) is 1.60. The smallest absolute Gasteiger partial charge is 0.369 e. The second-order valence-corrected chi connectivity index (χ2v) is 4.72. The van der Waals surface area contributed by atoms with Crippen LogP contribution in [-0.4, -0.2) is 31.1 Å². The first-order valence-electron chi connectivity index (χ1n) is 5.82. The summed E-state index contributed by atoms with van der Waals surface area (Å²) >= 11 is 5.76. The largest absolute Gasteiger partial charge is 0.416 e. The van der Waals surface area contributed by atoms with Crippen LogP contribution in [0.25, 0.3) is 0 Å². The fourth-order valence-electron chi connectivity index (χ4n) is 1.71. The van der Waals surface area contributed by atoms with Crippen molar-refractivity contribution in [2.75, 3.05) is 18.5 Å². The van der Waals surface area contributed by atoms with Crippen molar-refractivity contribution in [3.63, 3.8) is 0 Å². The monoisotopic (exact) mass is 322 g/mol. The number of ether oxygens (including phenoxy) is 1. The number of halogens is 4. The van der Waals surface area contributed by atoms with E-state index < -0.39 is 29.6 Å². The summed E-state index contributed by atoms with van der Waals surface area (Å²) in [6.07, 6.45) is -4.55. The lowest BCUT2D eigenvalue weighted by Gasteiger charge is -2.23. The van der Waals surface area contributed by atoms with E-state index in [1.165, 1.54) is 0 Å². The van der Waals surface area contributed by atoms with E-state index >= 15 is 0 Å². The van der Waals surface area contributed by atoms with Crippen LogP contribution in [0.5, 0.6) is 0 Å². The Morgan fingerprint density at radius 2 is 2.14 bits per heavy atom. The van der Waals surface area contributed by atoms with Crippen LogP contribution in [0.15, 0.2) is 18.2 Å². The van der Waals surface area contributed by atoms with Gasteiger partial charge < -0.3 is 15.4 Å². The molecule has 2 amide bonds. The van der Waals surface area contributed by atoms with Crippen molar-refractivity contribution < 1.29 is 27.5 Å². The Labute approximate surface area is 122 Å². The van der Waals surface area contributed by atoms with Crippen molar-refractivity contribution in [1.82, 2.24) is 5.32 Å². The van der Waals surface area contributed by atoms with E-state index in [1.807, 2.05) is 0 Å². The third-order valence-corrected chi connectivity index (χ3v) is 3.05. The van der Waals surface area contributed by atoms with E-state index in [-0.39, 0.29) is 23.9 Å². The number of carbonyl (C=O) groups excluding carboxylic acids is 2. The van der Waals surface area contributed by atoms with E-state index in [0.717, 1.165) is 18.2 Å². The van der Waals surface area contributed by atoms with Crippen molar-refractivity contribution in [2.45, 2.75) is 12.2 Å². The van der Waals surface area contributed by atoms with Crippen LogP contribution < -0.4 is 10.6 Å². The van der Waals surface area contributed by atoms with Gasteiger partial charge in [0, 0.05) is 0 Å². The molecule has 0 aliphatic carbocycles. The zero-order valence-corrected chi connectivity index (χ0v) is 11.2. The predicted molar refractivity (Wildman–Crippen MR) is 67.8 cm³/mol. The molecule has 1 aliphatic rings. The van der Waals surface area contributed by atoms with Gasteiger partial charge in [-0.15, -0.1) is 0 Å². The van der Waals surface area contributed by atoms with E-state index in [4.69, 9.17) is 16.3 Å². The van der Waals surface area contributed by atoms with Gasteiger partial charge in [-0.2, -0.15) is 13.2 Å². The number of rotatable bonds is 2. The minimum Gasteiger partial charge on any atom is -0.369 e. The van der Waals surface area contributed by atoms with Gasteiger partial charge in [0.05, 0.1) is 22.9 Å². The van der Waals surface area contributed by atoms with Gasteiger partial charge in [-0.1, -0.05) is 11.6 Å². The van der Waals surface area contributed by atoms with Crippen molar-refractivity contribution in [1.29, 1.82) is 0 Å². The zero-order chi connectivity index (χ0) is 15.6. The average molecular weight is 323 g/mol. The summed E-state index contributed by atoms with van der Waals surface area (Å²) in [4.78, 5) is 23.0. The maximum Gasteiger partial charge on any atom is 0.416 e. The van der Waals surface area contributed by atoms with Crippen LogP contribution in [0.3, 0.4) is 0 Å². The summed E-state index contributed by atoms with van der Waals surface area (Å²) in [7, 11) is 0. The van der Waals surface area contributed by atoms with Gasteiger partial charge in [0.15, 0.2) is 0 Å². The van der Waals surface area contributed by atoms with E-state index in [2.05, 4.69) is 10.6 Å². The SMILES string of the molecule is O=C1COCC(C(=O)Nc2cc(C(F)(F)F)ccc2Cl)N1. The number of alkyl halides is 3. The molecule has 0 radical (unpaired) electrons. The highest BCUT2D eigenvalue weighted by Crippen LogP contribution is 2.33. The summed E-state index contributed by atoms with van der Waals surface area (Å²) in [5, 5.41) is 4.56. The highest BCUT2D eigenvalue weighted by atomic mass is 35.5. The maximum atomic E-state index is 12.6. The molecule has 0 saturated carbocycles. The lowest BCUT2D eigenvalue weighted by Crippen LogP contribution is -2.52. The standard InChI is InChI=1S/C12H10ClF3N2O3/c13-7-2-1-6(12(14,15)16)3-8(7)18-11(20)9-4-21-5-10(19)17-9/h1-3,9H,4-5H2,(H,17,19)(H,18,20). The van der Waals surface area contributed by atoms with Gasteiger partial charge in [-0.25, -0.2) is 0 Å². The second-order valence-electron chi connectivity index (χ2n) is 4.32. The third kappa shape index (κ3) is 3.85. The molecule has 1 aromatic carbocycles. The number of morpholine rings is 1. The van der Waals surface area contributed by atoms with Crippen molar-refractivity contribution >= 4 is 29.1 Å². The second kappa shape index (κ2) is 5.90. The molecule has 9 heteroatoms. The molecule has 1 atom stereocenters. The van der Waals surface area contributed by atoms with Crippen LogP contribution in [0, 0.1) is 0 Å². The molecule has 1 aromatic rings. The molecular formula is C12H10ClF3N2O3. The molecule has 114 valence electrons. The normalized spacial score (nSPS) is 19.0. The topological polar surface area (TPSA) is 67.4 Å². The number of anilines is 1. The number of hydrogen-bond acceptors (Lipinski definition) is 3. The molecule has 2 rings (SSSR count). The zero-order valence-electron chi connectivity index (χ0n) is 10.5. The van der Waals surface area contributed by atoms with Crippen molar-refractivity contribution in [2.24, 2.45) is 0 Å². The average Bonchev–Trinajstić information content (AvgIpc) is 2.40. The fourth-order valence-corrected chi connectivity index (χ4v) is 1.87. The number of benzene rings is 1. The van der Waals surface area contributed by atoms with Crippen LogP contribution in [-0.2, 0) is 20.5 Å². The molecule has 0 bridgehead atoms. The lowest BCUT2D eigenvalue weighted by atomic mass is 10.2. The Hall–Kier alpha value is -1.80. The molecule has 21 heavy (non-hydrogen) atoms. The van der Waals surface area contributed by atoms with E-state index in [1.54, 1.807) is 0 Å². The number of amides is 2. The molecule has 0 aromatic heterocycles. The van der Waals surface area contributed by atoms with Crippen LogP contribution in [0.4, 0.5) is 18.9 Å². The van der Waals surface area contributed by atoms with Crippen molar-refractivity contribution in [3.8, 4) is 0 Å². The van der Waals surface area contributed by atoms with Crippen LogP contribution in [0.2, 0.25) is 5.02 Å². The summed E-state index contributed by atoms with van der Waals surface area (Å²) < 4.78 is 42.7. The predicted octanol–water partition coefficient (Wildman–Crippen LogP) is 1.81. The molecular weight excluding hydrogens is 313 g/mol. The molecule has 1 saturated heterocycles. The Morgan fingerprint density at radius 3 is 2.76 bits per heavy atom. The van der Waals surface area contributed by atoms with Gasteiger partial charge in [-0.3, -0.25) is 9.59 Å². The summed E-state index contributed by atoms with van der Waals surface area (Å²) in [5.74, 6) is -1.18. The molecule has 2 N–H and O–H groups in total. The molecule has 1 unspecified atom stereocenters. The Morgan fingerprint density at radius 1 is 1.43 bits per heavy atom. The Kier molecular flexibility index (Phi) is 4.38. The minimum absolute atomic E-state index is 0.0422. The fraction of sp³-hybridized carbons (Fsp3) is 0.333. The van der Waals surface area contributed by atoms with Crippen molar-refractivity contribution in [3.05, 3.63) is 28.8 Å². The summed E-state index contributed by atoms with van der Waals surface area (Å²) in [6.45, 7) is -0.220. The van der Waals surface area contributed by atoms with E-state index in [9.17, 15) is 22.8 Å². The third-order valence-electron chi connectivity index (χ3n) is 2.72. The quantitative estimate of drug-likeness (QED) is 0.872. The van der Waals surface area contributed by atoms with Gasteiger partial charge in [0.2, 0.25) is 11.8 Å². The molecule has 1 aliphatic heterocycles. The Bertz CT molecular complexity index is 577. The number of carbonyl (C=O) groups is 2. The van der Waals surface area contributed by atoms with Gasteiger partial charge in [0.25, 0.3) is 0 Å². The van der Waals surface area contributed by atoms with E-state index in [0.29, 0.717) is 0 Å². The number of hydrogen-bond donors (Lipinski definition) is 2.